The lowest BCUT2D eigenvalue weighted by Crippen LogP contribution is -2.08. The second-order valence-corrected chi connectivity index (χ2v) is 6.62. The summed E-state index contributed by atoms with van der Waals surface area (Å²) >= 11 is 5.92. The normalized spacial score (nSPS) is 10.4. The van der Waals surface area contributed by atoms with Crippen molar-refractivity contribution in [3.05, 3.63) is 64.9 Å². The molecule has 2 aromatic carbocycles. The first kappa shape index (κ1) is 19.8. The van der Waals surface area contributed by atoms with Gasteiger partial charge in [0.15, 0.2) is 11.5 Å². The van der Waals surface area contributed by atoms with Crippen molar-refractivity contribution in [2.45, 2.75) is 13.3 Å². The van der Waals surface area contributed by atoms with Gasteiger partial charge in [-0.2, -0.15) is 0 Å². The molecule has 0 bridgehead atoms. The van der Waals surface area contributed by atoms with E-state index in [1.165, 1.54) is 5.56 Å². The minimum atomic E-state index is 0.652. The Balaban J connectivity index is 1.66. The Morgan fingerprint density at radius 3 is 2.32 bits per heavy atom. The first-order valence-corrected chi connectivity index (χ1v) is 9.28. The van der Waals surface area contributed by atoms with E-state index < -0.39 is 0 Å². The molecule has 0 saturated carbocycles. The number of anilines is 3. The molecule has 0 aliphatic carbocycles. The van der Waals surface area contributed by atoms with Crippen LogP contribution in [-0.4, -0.2) is 30.7 Å². The number of hydrogen-bond acceptors (Lipinski definition) is 6. The van der Waals surface area contributed by atoms with E-state index in [1.807, 2.05) is 55.5 Å². The van der Waals surface area contributed by atoms with Gasteiger partial charge in [0.05, 0.1) is 14.2 Å². The van der Waals surface area contributed by atoms with E-state index in [2.05, 4.69) is 20.6 Å². The number of halogens is 1. The molecule has 0 spiro atoms. The van der Waals surface area contributed by atoms with Crippen molar-refractivity contribution in [3.63, 3.8) is 0 Å². The predicted molar refractivity (Wildman–Crippen MR) is 113 cm³/mol. The minimum Gasteiger partial charge on any atom is -0.493 e. The van der Waals surface area contributed by atoms with Gasteiger partial charge in [-0.25, -0.2) is 9.97 Å². The van der Waals surface area contributed by atoms with Gasteiger partial charge in [-0.3, -0.25) is 0 Å². The van der Waals surface area contributed by atoms with E-state index in [-0.39, 0.29) is 0 Å². The van der Waals surface area contributed by atoms with Crippen LogP contribution in [0.25, 0.3) is 0 Å². The molecule has 0 radical (unpaired) electrons. The average molecular weight is 399 g/mol. The molecule has 0 amide bonds. The van der Waals surface area contributed by atoms with Crippen LogP contribution in [-0.2, 0) is 6.42 Å². The largest absolute Gasteiger partial charge is 0.493 e. The minimum absolute atomic E-state index is 0.652. The molecule has 0 unspecified atom stereocenters. The Kier molecular flexibility index (Phi) is 6.55. The summed E-state index contributed by atoms with van der Waals surface area (Å²) in [5.41, 5.74) is 2.06. The number of ether oxygens (including phenoxy) is 2. The average Bonchev–Trinajstić information content (AvgIpc) is 2.69. The van der Waals surface area contributed by atoms with E-state index >= 15 is 0 Å². The number of rotatable bonds is 8. The van der Waals surface area contributed by atoms with Gasteiger partial charge in [-0.1, -0.05) is 23.7 Å². The van der Waals surface area contributed by atoms with Gasteiger partial charge in [0, 0.05) is 29.4 Å². The molecule has 0 aliphatic rings. The first-order chi connectivity index (χ1) is 13.6. The highest BCUT2D eigenvalue weighted by Gasteiger charge is 2.07. The number of methoxy groups -OCH3 is 2. The summed E-state index contributed by atoms with van der Waals surface area (Å²) in [6, 6.07) is 15.4. The molecule has 0 saturated heterocycles. The number of aromatic nitrogens is 2. The molecule has 0 fully saturated rings. The fourth-order valence-corrected chi connectivity index (χ4v) is 2.90. The van der Waals surface area contributed by atoms with Crippen molar-refractivity contribution < 1.29 is 9.47 Å². The van der Waals surface area contributed by atoms with Gasteiger partial charge >= 0.3 is 0 Å². The fourth-order valence-electron chi connectivity index (χ4n) is 2.77. The smallest absolute Gasteiger partial charge is 0.162 e. The highest BCUT2D eigenvalue weighted by atomic mass is 35.5. The van der Waals surface area contributed by atoms with Gasteiger partial charge in [0.2, 0.25) is 0 Å². The van der Waals surface area contributed by atoms with Crippen LogP contribution in [0.15, 0.2) is 48.5 Å². The Morgan fingerprint density at radius 1 is 0.893 bits per heavy atom. The molecule has 0 atom stereocenters. The zero-order chi connectivity index (χ0) is 19.9. The zero-order valence-electron chi connectivity index (χ0n) is 16.1. The lowest BCUT2D eigenvalue weighted by atomic mass is 10.1. The van der Waals surface area contributed by atoms with Crippen molar-refractivity contribution in [3.8, 4) is 11.5 Å². The molecule has 7 heteroatoms. The summed E-state index contributed by atoms with van der Waals surface area (Å²) in [6.45, 7) is 2.62. The summed E-state index contributed by atoms with van der Waals surface area (Å²) < 4.78 is 10.6. The quantitative estimate of drug-likeness (QED) is 0.565. The highest BCUT2D eigenvalue weighted by Crippen LogP contribution is 2.31. The molecule has 2 N–H and O–H groups in total. The van der Waals surface area contributed by atoms with Crippen LogP contribution in [0.3, 0.4) is 0 Å². The number of nitrogens with one attached hydrogen (secondary N) is 2. The van der Waals surface area contributed by atoms with E-state index in [4.69, 9.17) is 21.1 Å². The molecule has 3 rings (SSSR count). The third kappa shape index (κ3) is 5.27. The van der Waals surface area contributed by atoms with Crippen LogP contribution in [0, 0.1) is 6.92 Å². The third-order valence-corrected chi connectivity index (χ3v) is 4.38. The van der Waals surface area contributed by atoms with Crippen molar-refractivity contribution in [1.29, 1.82) is 0 Å². The summed E-state index contributed by atoms with van der Waals surface area (Å²) in [5.74, 6) is 3.48. The molecule has 146 valence electrons. The summed E-state index contributed by atoms with van der Waals surface area (Å²) in [5, 5.41) is 7.38. The van der Waals surface area contributed by atoms with Crippen molar-refractivity contribution in [1.82, 2.24) is 9.97 Å². The molecule has 3 aromatic rings. The van der Waals surface area contributed by atoms with Crippen LogP contribution >= 0.6 is 11.6 Å². The van der Waals surface area contributed by atoms with Gasteiger partial charge in [0.25, 0.3) is 0 Å². The highest BCUT2D eigenvalue weighted by molar-refractivity contribution is 6.30. The second kappa shape index (κ2) is 9.28. The maximum atomic E-state index is 5.92. The van der Waals surface area contributed by atoms with Crippen LogP contribution in [0.1, 0.15) is 11.4 Å². The van der Waals surface area contributed by atoms with Crippen LogP contribution in [0.4, 0.5) is 17.3 Å². The molecule has 0 aliphatic heterocycles. The summed E-state index contributed by atoms with van der Waals surface area (Å²) in [4.78, 5) is 8.91. The zero-order valence-corrected chi connectivity index (χ0v) is 16.9. The van der Waals surface area contributed by atoms with E-state index in [9.17, 15) is 0 Å². The topological polar surface area (TPSA) is 68.3 Å². The molecular weight excluding hydrogens is 376 g/mol. The first-order valence-electron chi connectivity index (χ1n) is 8.90. The lowest BCUT2D eigenvalue weighted by molar-refractivity contribution is 0.355. The number of nitrogens with zero attached hydrogens (tertiary/aromatic N) is 2. The summed E-state index contributed by atoms with van der Waals surface area (Å²) in [7, 11) is 3.22. The van der Waals surface area contributed by atoms with Gasteiger partial charge in [-0.15, -0.1) is 0 Å². The number of hydrogen-bond donors (Lipinski definition) is 2. The number of benzene rings is 2. The Labute approximate surface area is 169 Å². The Morgan fingerprint density at radius 2 is 1.61 bits per heavy atom. The monoisotopic (exact) mass is 398 g/mol. The van der Waals surface area contributed by atoms with Crippen LogP contribution < -0.4 is 20.1 Å². The van der Waals surface area contributed by atoms with Gasteiger partial charge in [-0.05, 0) is 43.2 Å². The third-order valence-electron chi connectivity index (χ3n) is 4.13. The molecule has 1 heterocycles. The lowest BCUT2D eigenvalue weighted by Gasteiger charge is -2.12. The Bertz CT molecular complexity index is 932. The van der Waals surface area contributed by atoms with E-state index in [0.717, 1.165) is 29.5 Å². The molecular formula is C21H23ClN4O2. The van der Waals surface area contributed by atoms with E-state index in [1.54, 1.807) is 14.2 Å². The SMILES string of the molecule is COc1ccc(Nc2cc(NCCc3ccc(Cl)cc3)nc(C)n2)cc1OC. The second-order valence-electron chi connectivity index (χ2n) is 6.18. The maximum Gasteiger partial charge on any atom is 0.162 e. The van der Waals surface area contributed by atoms with Crippen LogP contribution in [0.5, 0.6) is 11.5 Å². The number of aryl methyl sites for hydroxylation is 1. The fraction of sp³-hybridized carbons (Fsp3) is 0.238. The van der Waals surface area contributed by atoms with Gasteiger partial charge < -0.3 is 20.1 Å². The molecule has 1 aromatic heterocycles. The standard InChI is InChI=1S/C21H23ClN4O2/c1-14-24-20(23-11-10-15-4-6-16(22)7-5-15)13-21(25-14)26-17-8-9-18(27-2)19(12-17)28-3/h4-9,12-13H,10-11H2,1-3H3,(H2,23,24,25,26). The maximum absolute atomic E-state index is 5.92. The van der Waals surface area contributed by atoms with Crippen molar-refractivity contribution in [2.24, 2.45) is 0 Å². The molecule has 6 nitrogen and oxygen atoms in total. The van der Waals surface area contributed by atoms with E-state index in [0.29, 0.717) is 23.1 Å². The molecule has 28 heavy (non-hydrogen) atoms. The van der Waals surface area contributed by atoms with Gasteiger partial charge in [0.1, 0.15) is 17.5 Å². The van der Waals surface area contributed by atoms with Crippen molar-refractivity contribution in [2.75, 3.05) is 31.4 Å². The predicted octanol–water partition coefficient (Wildman–Crippen LogP) is 4.85. The Hall–Kier alpha value is -2.99. The van der Waals surface area contributed by atoms with Crippen LogP contribution in [0.2, 0.25) is 5.02 Å². The van der Waals surface area contributed by atoms with Crippen molar-refractivity contribution >= 4 is 28.9 Å². The summed E-state index contributed by atoms with van der Waals surface area (Å²) in [6.07, 6.45) is 0.874.